The van der Waals surface area contributed by atoms with Crippen LogP contribution in [0.1, 0.15) is 13.8 Å². The smallest absolute Gasteiger partial charge is 0.322 e. The van der Waals surface area contributed by atoms with Gasteiger partial charge in [-0.2, -0.15) is 0 Å². The molecule has 0 fully saturated rings. The largest absolute Gasteiger partial charge is 0.480 e. The Morgan fingerprint density at radius 1 is 1.16 bits per heavy atom. The molecule has 112 valence electrons. The van der Waals surface area contributed by atoms with E-state index in [1.54, 1.807) is 14.0 Å². The van der Waals surface area contributed by atoms with E-state index < -0.39 is 18.1 Å². The normalized spacial score (nSPS) is 13.8. The third-order valence-electron chi connectivity index (χ3n) is 2.30. The van der Waals surface area contributed by atoms with Crippen molar-refractivity contribution in [2.75, 3.05) is 33.5 Å². The summed E-state index contributed by atoms with van der Waals surface area (Å²) in [5, 5.41) is 11.6. The van der Waals surface area contributed by atoms with Gasteiger partial charge in [-0.25, -0.2) is 5.43 Å². The molecule has 2 atom stereocenters. The molecule has 0 saturated carbocycles. The Morgan fingerprint density at radius 2 is 1.84 bits per heavy atom. The summed E-state index contributed by atoms with van der Waals surface area (Å²) < 4.78 is 10.0. The van der Waals surface area contributed by atoms with Gasteiger partial charge in [0.05, 0.1) is 25.9 Å². The maximum atomic E-state index is 11.5. The average Bonchev–Trinajstić information content (AvgIpc) is 2.38. The van der Waals surface area contributed by atoms with Crippen LogP contribution in [-0.2, 0) is 19.1 Å². The van der Waals surface area contributed by atoms with Crippen LogP contribution in [0.15, 0.2) is 0 Å². The van der Waals surface area contributed by atoms with Crippen molar-refractivity contribution >= 4 is 11.9 Å². The van der Waals surface area contributed by atoms with Crippen LogP contribution in [0, 0.1) is 0 Å². The zero-order chi connectivity index (χ0) is 14.7. The Hall–Kier alpha value is -1.22. The van der Waals surface area contributed by atoms with Crippen molar-refractivity contribution in [3.05, 3.63) is 0 Å². The third kappa shape index (κ3) is 9.37. The van der Waals surface area contributed by atoms with E-state index in [2.05, 4.69) is 16.2 Å². The summed E-state index contributed by atoms with van der Waals surface area (Å²) in [4.78, 5) is 22.1. The first-order valence-corrected chi connectivity index (χ1v) is 6.07. The molecule has 0 spiro atoms. The van der Waals surface area contributed by atoms with Crippen LogP contribution in [0.4, 0.5) is 0 Å². The van der Waals surface area contributed by atoms with E-state index in [-0.39, 0.29) is 5.91 Å². The summed E-state index contributed by atoms with van der Waals surface area (Å²) in [7, 11) is 1.60. The number of aliphatic carboxylic acids is 1. The summed E-state index contributed by atoms with van der Waals surface area (Å²) in [5.41, 5.74) is 4.73. The van der Waals surface area contributed by atoms with Crippen LogP contribution in [-0.4, -0.2) is 62.5 Å². The highest BCUT2D eigenvalue weighted by Gasteiger charge is 2.15. The summed E-state index contributed by atoms with van der Waals surface area (Å²) in [6.45, 7) is 5.15. The van der Waals surface area contributed by atoms with E-state index >= 15 is 0 Å². The molecule has 0 radical (unpaired) electrons. The molecule has 0 aromatic heterocycles. The Bertz CT molecular complexity index is 275. The number of nitrogens with one attached hydrogen (secondary N) is 3. The minimum Gasteiger partial charge on any atom is -0.480 e. The first-order valence-electron chi connectivity index (χ1n) is 6.07. The minimum atomic E-state index is -1.03. The highest BCUT2D eigenvalue weighted by atomic mass is 16.5. The van der Waals surface area contributed by atoms with Crippen molar-refractivity contribution in [1.82, 2.24) is 16.2 Å². The van der Waals surface area contributed by atoms with Gasteiger partial charge in [0.1, 0.15) is 6.04 Å². The molecule has 8 heteroatoms. The SMILES string of the molecule is COCCOCCN[C@@H](C)C(=O)NN[C@H](C)C(=O)O. The number of rotatable bonds is 11. The van der Waals surface area contributed by atoms with Gasteiger partial charge in [-0.05, 0) is 13.8 Å². The van der Waals surface area contributed by atoms with Gasteiger partial charge in [0.15, 0.2) is 0 Å². The average molecular weight is 277 g/mol. The molecule has 0 saturated heterocycles. The molecule has 4 N–H and O–H groups in total. The van der Waals surface area contributed by atoms with Gasteiger partial charge < -0.3 is 19.9 Å². The zero-order valence-electron chi connectivity index (χ0n) is 11.6. The van der Waals surface area contributed by atoms with E-state index in [0.29, 0.717) is 26.4 Å². The Kier molecular flexibility index (Phi) is 9.99. The van der Waals surface area contributed by atoms with Gasteiger partial charge in [-0.1, -0.05) is 0 Å². The first kappa shape index (κ1) is 17.8. The van der Waals surface area contributed by atoms with E-state index in [1.165, 1.54) is 6.92 Å². The number of ether oxygens (including phenoxy) is 2. The standard InChI is InChI=1S/C11H23N3O5/c1-8(12-4-5-19-7-6-18-3)10(15)14-13-9(2)11(16)17/h8-9,12-13H,4-7H2,1-3H3,(H,14,15)(H,16,17)/t8-,9+/m0/s1. The molecule has 0 rings (SSSR count). The lowest BCUT2D eigenvalue weighted by Crippen LogP contribution is -2.52. The molecular weight excluding hydrogens is 254 g/mol. The number of hydrogen-bond acceptors (Lipinski definition) is 6. The highest BCUT2D eigenvalue weighted by Crippen LogP contribution is 1.83. The summed E-state index contributed by atoms with van der Waals surface area (Å²) >= 11 is 0. The third-order valence-corrected chi connectivity index (χ3v) is 2.30. The van der Waals surface area contributed by atoms with Crippen LogP contribution in [0.3, 0.4) is 0 Å². The zero-order valence-corrected chi connectivity index (χ0v) is 11.6. The lowest BCUT2D eigenvalue weighted by molar-refractivity contribution is -0.139. The maximum Gasteiger partial charge on any atom is 0.322 e. The summed E-state index contributed by atoms with van der Waals surface area (Å²) in [6.07, 6.45) is 0. The van der Waals surface area contributed by atoms with Crippen LogP contribution in [0.25, 0.3) is 0 Å². The van der Waals surface area contributed by atoms with Gasteiger partial charge in [0.2, 0.25) is 0 Å². The number of carboxylic acid groups (broad SMARTS) is 1. The Labute approximate surface area is 112 Å². The first-order chi connectivity index (χ1) is 8.99. The lowest BCUT2D eigenvalue weighted by atomic mass is 10.3. The highest BCUT2D eigenvalue weighted by molar-refractivity contribution is 5.81. The number of hydrogen-bond donors (Lipinski definition) is 4. The molecule has 1 amide bonds. The summed E-state index contributed by atoms with van der Waals surface area (Å²) in [5.74, 6) is -1.36. The van der Waals surface area contributed by atoms with Crippen LogP contribution >= 0.6 is 0 Å². The molecule has 0 aromatic carbocycles. The van der Waals surface area contributed by atoms with Crippen molar-refractivity contribution < 1.29 is 24.2 Å². The van der Waals surface area contributed by atoms with Gasteiger partial charge in [0.25, 0.3) is 5.91 Å². The molecule has 0 aliphatic heterocycles. The van der Waals surface area contributed by atoms with Crippen LogP contribution in [0.5, 0.6) is 0 Å². The van der Waals surface area contributed by atoms with Gasteiger partial charge in [-0.15, -0.1) is 0 Å². The number of carbonyl (C=O) groups is 2. The molecule has 0 heterocycles. The molecule has 0 bridgehead atoms. The van der Waals surface area contributed by atoms with E-state index in [4.69, 9.17) is 14.6 Å². The second-order valence-electron chi connectivity index (χ2n) is 3.97. The van der Waals surface area contributed by atoms with E-state index in [9.17, 15) is 9.59 Å². The minimum absolute atomic E-state index is 0.329. The maximum absolute atomic E-state index is 11.5. The van der Waals surface area contributed by atoms with Gasteiger partial charge >= 0.3 is 5.97 Å². The van der Waals surface area contributed by atoms with Crippen LogP contribution in [0.2, 0.25) is 0 Å². The lowest BCUT2D eigenvalue weighted by Gasteiger charge is -2.16. The van der Waals surface area contributed by atoms with Crippen molar-refractivity contribution in [2.24, 2.45) is 0 Å². The predicted molar refractivity (Wildman–Crippen MR) is 68.5 cm³/mol. The predicted octanol–water partition coefficient (Wildman–Crippen LogP) is -1.28. The number of amides is 1. The van der Waals surface area contributed by atoms with Crippen LogP contribution < -0.4 is 16.2 Å². The van der Waals surface area contributed by atoms with Crippen molar-refractivity contribution in [3.8, 4) is 0 Å². The molecular formula is C11H23N3O5. The van der Waals surface area contributed by atoms with Crippen molar-refractivity contribution in [1.29, 1.82) is 0 Å². The second-order valence-corrected chi connectivity index (χ2v) is 3.97. The molecule has 0 aromatic rings. The van der Waals surface area contributed by atoms with E-state index in [0.717, 1.165) is 0 Å². The fourth-order valence-electron chi connectivity index (χ4n) is 1.03. The van der Waals surface area contributed by atoms with Gasteiger partial charge in [0, 0.05) is 13.7 Å². The summed E-state index contributed by atoms with van der Waals surface area (Å²) in [6, 6.07) is -1.28. The van der Waals surface area contributed by atoms with Crippen molar-refractivity contribution in [3.63, 3.8) is 0 Å². The quantitative estimate of drug-likeness (QED) is 0.275. The van der Waals surface area contributed by atoms with Crippen molar-refractivity contribution in [2.45, 2.75) is 25.9 Å². The monoisotopic (exact) mass is 277 g/mol. The molecule has 8 nitrogen and oxygen atoms in total. The second kappa shape index (κ2) is 10.7. The number of carboxylic acids is 1. The number of hydrazine groups is 1. The number of carbonyl (C=O) groups excluding carboxylic acids is 1. The Morgan fingerprint density at radius 3 is 2.42 bits per heavy atom. The molecule has 0 aliphatic carbocycles. The molecule has 19 heavy (non-hydrogen) atoms. The fraction of sp³-hybridized carbons (Fsp3) is 0.818. The fourth-order valence-corrected chi connectivity index (χ4v) is 1.03. The molecule has 0 aliphatic rings. The Balaban J connectivity index is 3.62. The number of methoxy groups -OCH3 is 1. The topological polar surface area (TPSA) is 109 Å². The van der Waals surface area contributed by atoms with Gasteiger partial charge in [-0.3, -0.25) is 15.0 Å². The molecule has 0 unspecified atom stereocenters. The van der Waals surface area contributed by atoms with E-state index in [1.807, 2.05) is 0 Å².